The number of aromatic nitrogens is 2. The van der Waals surface area contributed by atoms with Crippen LogP contribution in [0.25, 0.3) is 0 Å². The van der Waals surface area contributed by atoms with E-state index in [9.17, 15) is 0 Å². The average molecular weight is 360 g/mol. The molecule has 5 nitrogen and oxygen atoms in total. The Bertz CT molecular complexity index is 642. The quantitative estimate of drug-likeness (QED) is 0.759. The highest BCUT2D eigenvalue weighted by Gasteiger charge is 2.25. The summed E-state index contributed by atoms with van der Waals surface area (Å²) >= 11 is 1.81. The molecule has 25 heavy (non-hydrogen) atoms. The van der Waals surface area contributed by atoms with Gasteiger partial charge in [0.15, 0.2) is 5.13 Å². The van der Waals surface area contributed by atoms with E-state index in [0.717, 1.165) is 31.3 Å². The van der Waals surface area contributed by atoms with E-state index in [1.165, 1.54) is 29.8 Å². The molecule has 1 atom stereocenters. The Morgan fingerprint density at radius 3 is 2.76 bits per heavy atom. The average Bonchev–Trinajstić information content (AvgIpc) is 3.09. The van der Waals surface area contributed by atoms with Gasteiger partial charge in [0.1, 0.15) is 0 Å². The maximum Gasteiger partial charge on any atom is 0.185 e. The van der Waals surface area contributed by atoms with Gasteiger partial charge in [0.05, 0.1) is 0 Å². The molecular formula is C19H29N5S. The third kappa shape index (κ3) is 5.00. The van der Waals surface area contributed by atoms with Gasteiger partial charge in [-0.15, -0.1) is 11.3 Å². The van der Waals surface area contributed by atoms with Crippen LogP contribution in [-0.2, 0) is 13.1 Å². The van der Waals surface area contributed by atoms with Crippen LogP contribution in [-0.4, -0.2) is 59.5 Å². The first-order valence-corrected chi connectivity index (χ1v) is 9.94. The summed E-state index contributed by atoms with van der Waals surface area (Å²) in [7, 11) is 4.11. The summed E-state index contributed by atoms with van der Waals surface area (Å²) in [6.07, 6.45) is 8.39. The normalized spacial score (nSPS) is 18.6. The van der Waals surface area contributed by atoms with Crippen molar-refractivity contribution in [1.82, 2.24) is 19.8 Å². The van der Waals surface area contributed by atoms with Crippen molar-refractivity contribution >= 4 is 16.5 Å². The van der Waals surface area contributed by atoms with Gasteiger partial charge in [-0.1, -0.05) is 6.92 Å². The number of piperidine rings is 1. The number of nitrogens with zero attached hydrogens (tertiary/aromatic N) is 5. The predicted molar refractivity (Wildman–Crippen MR) is 105 cm³/mol. The van der Waals surface area contributed by atoms with E-state index in [4.69, 9.17) is 0 Å². The second-order valence-corrected chi connectivity index (χ2v) is 8.05. The van der Waals surface area contributed by atoms with Crippen molar-refractivity contribution in [3.63, 3.8) is 0 Å². The Labute approximate surface area is 155 Å². The molecule has 0 amide bonds. The van der Waals surface area contributed by atoms with Crippen LogP contribution in [0.2, 0.25) is 0 Å². The Morgan fingerprint density at radius 1 is 1.28 bits per heavy atom. The molecule has 1 fully saturated rings. The molecule has 0 bridgehead atoms. The molecule has 6 heteroatoms. The lowest BCUT2D eigenvalue weighted by Crippen LogP contribution is -2.47. The predicted octanol–water partition coefficient (Wildman–Crippen LogP) is 3.09. The highest BCUT2D eigenvalue weighted by atomic mass is 32.1. The molecule has 0 spiro atoms. The fourth-order valence-corrected chi connectivity index (χ4v) is 4.37. The van der Waals surface area contributed by atoms with Crippen LogP contribution >= 0.6 is 11.3 Å². The molecule has 1 saturated heterocycles. The standard InChI is InChI=1S/C19H29N5S/c1-4-24(13-16-7-9-20-10-8-16)17-6-5-11-23(14-17)15-18-12-21-19(25-18)22(2)3/h7-10,12,17H,4-6,11,13-15H2,1-3H3. The molecule has 3 rings (SSSR count). The fraction of sp³-hybridized carbons (Fsp3) is 0.579. The smallest absolute Gasteiger partial charge is 0.185 e. The molecule has 0 aliphatic carbocycles. The molecular weight excluding hydrogens is 330 g/mol. The Kier molecular flexibility index (Phi) is 6.39. The van der Waals surface area contributed by atoms with Gasteiger partial charge in [-0.2, -0.15) is 0 Å². The zero-order valence-corrected chi connectivity index (χ0v) is 16.4. The first-order valence-electron chi connectivity index (χ1n) is 9.13. The minimum atomic E-state index is 0.633. The molecule has 0 saturated carbocycles. The van der Waals surface area contributed by atoms with Gasteiger partial charge < -0.3 is 4.90 Å². The zero-order chi connectivity index (χ0) is 17.6. The van der Waals surface area contributed by atoms with E-state index in [0.29, 0.717) is 6.04 Å². The minimum absolute atomic E-state index is 0.633. The third-order valence-electron chi connectivity index (χ3n) is 4.84. The number of hydrogen-bond acceptors (Lipinski definition) is 6. The van der Waals surface area contributed by atoms with Crippen molar-refractivity contribution in [3.05, 3.63) is 41.2 Å². The van der Waals surface area contributed by atoms with Crippen molar-refractivity contribution < 1.29 is 0 Å². The molecule has 1 aliphatic heterocycles. The van der Waals surface area contributed by atoms with E-state index in [1.807, 2.05) is 18.6 Å². The molecule has 1 aliphatic rings. The van der Waals surface area contributed by atoms with Crippen molar-refractivity contribution in [2.75, 3.05) is 38.6 Å². The van der Waals surface area contributed by atoms with E-state index in [-0.39, 0.29) is 0 Å². The van der Waals surface area contributed by atoms with Crippen LogP contribution in [0.1, 0.15) is 30.2 Å². The van der Waals surface area contributed by atoms with Crippen LogP contribution < -0.4 is 4.90 Å². The Morgan fingerprint density at radius 2 is 2.08 bits per heavy atom. The Hall–Kier alpha value is -1.50. The number of pyridine rings is 1. The molecule has 0 N–H and O–H groups in total. The lowest BCUT2D eigenvalue weighted by atomic mass is 10.0. The van der Waals surface area contributed by atoms with E-state index < -0.39 is 0 Å². The summed E-state index contributed by atoms with van der Waals surface area (Å²) in [5, 5.41) is 1.09. The fourth-order valence-electron chi connectivity index (χ4n) is 3.49. The second-order valence-electron chi connectivity index (χ2n) is 6.95. The molecule has 2 aromatic heterocycles. The van der Waals surface area contributed by atoms with Gasteiger partial charge >= 0.3 is 0 Å². The SMILES string of the molecule is CCN(Cc1ccncc1)C1CCCN(Cc2cnc(N(C)C)s2)C1. The highest BCUT2D eigenvalue weighted by Crippen LogP contribution is 2.24. The number of anilines is 1. The summed E-state index contributed by atoms with van der Waals surface area (Å²) in [5.41, 5.74) is 1.35. The van der Waals surface area contributed by atoms with Crippen molar-refractivity contribution in [2.45, 2.75) is 38.9 Å². The molecule has 136 valence electrons. The van der Waals surface area contributed by atoms with Crippen molar-refractivity contribution in [2.24, 2.45) is 0 Å². The maximum absolute atomic E-state index is 4.51. The number of thiazole rings is 1. The van der Waals surface area contributed by atoms with E-state index in [1.54, 1.807) is 11.3 Å². The number of hydrogen-bond donors (Lipinski definition) is 0. The van der Waals surface area contributed by atoms with Gasteiger partial charge in [0.2, 0.25) is 0 Å². The number of rotatable bonds is 7. The first-order chi connectivity index (χ1) is 12.2. The Balaban J connectivity index is 1.59. The summed E-state index contributed by atoms with van der Waals surface area (Å²) in [6.45, 7) is 7.74. The molecule has 2 aromatic rings. The number of likely N-dealkylation sites (N-methyl/N-ethyl adjacent to an activating group) is 1. The minimum Gasteiger partial charge on any atom is -0.354 e. The second kappa shape index (κ2) is 8.74. The van der Waals surface area contributed by atoms with Crippen LogP contribution in [0.3, 0.4) is 0 Å². The largest absolute Gasteiger partial charge is 0.354 e. The van der Waals surface area contributed by atoms with E-state index >= 15 is 0 Å². The lowest BCUT2D eigenvalue weighted by Gasteiger charge is -2.39. The zero-order valence-electron chi connectivity index (χ0n) is 15.6. The maximum atomic E-state index is 4.51. The van der Waals surface area contributed by atoms with Gasteiger partial charge in [-0.25, -0.2) is 4.98 Å². The van der Waals surface area contributed by atoms with Gasteiger partial charge in [0, 0.05) is 63.2 Å². The summed E-state index contributed by atoms with van der Waals surface area (Å²) < 4.78 is 0. The van der Waals surface area contributed by atoms with Gasteiger partial charge in [-0.05, 0) is 43.6 Å². The van der Waals surface area contributed by atoms with Crippen molar-refractivity contribution in [1.29, 1.82) is 0 Å². The van der Waals surface area contributed by atoms with E-state index in [2.05, 4.69) is 57.8 Å². The van der Waals surface area contributed by atoms with Crippen molar-refractivity contribution in [3.8, 4) is 0 Å². The van der Waals surface area contributed by atoms with Crippen LogP contribution in [0, 0.1) is 0 Å². The number of likely N-dealkylation sites (tertiary alicyclic amines) is 1. The summed E-state index contributed by atoms with van der Waals surface area (Å²) in [6, 6.07) is 4.89. The summed E-state index contributed by atoms with van der Waals surface area (Å²) in [5.74, 6) is 0. The molecule has 1 unspecified atom stereocenters. The van der Waals surface area contributed by atoms with Gasteiger partial charge in [-0.3, -0.25) is 14.8 Å². The van der Waals surface area contributed by atoms with Crippen LogP contribution in [0.15, 0.2) is 30.7 Å². The molecule has 0 aromatic carbocycles. The monoisotopic (exact) mass is 359 g/mol. The summed E-state index contributed by atoms with van der Waals surface area (Å²) in [4.78, 5) is 17.3. The van der Waals surface area contributed by atoms with Crippen LogP contribution in [0.4, 0.5) is 5.13 Å². The lowest BCUT2D eigenvalue weighted by molar-refractivity contribution is 0.0923. The molecule has 3 heterocycles. The third-order valence-corrected chi connectivity index (χ3v) is 5.99. The first kappa shape index (κ1) is 18.3. The highest BCUT2D eigenvalue weighted by molar-refractivity contribution is 7.15. The topological polar surface area (TPSA) is 35.5 Å². The molecule has 0 radical (unpaired) electrons. The van der Waals surface area contributed by atoms with Crippen LogP contribution in [0.5, 0.6) is 0 Å². The van der Waals surface area contributed by atoms with Gasteiger partial charge in [0.25, 0.3) is 0 Å².